The summed E-state index contributed by atoms with van der Waals surface area (Å²) < 4.78 is 5.07. The molecule has 0 aliphatic rings. The topological polar surface area (TPSA) is 88.3 Å². The number of esters is 1. The van der Waals surface area contributed by atoms with E-state index in [-0.39, 0.29) is 31.3 Å². The molecule has 0 aliphatic heterocycles. The number of nitrogens with one attached hydrogen (secondary N) is 2. The molecule has 2 aromatic carbocycles. The van der Waals surface area contributed by atoms with E-state index in [0.29, 0.717) is 5.56 Å². The molecule has 3 rings (SSSR count). The summed E-state index contributed by atoms with van der Waals surface area (Å²) in [6, 6.07) is 16.9. The fourth-order valence-electron chi connectivity index (χ4n) is 3.01. The van der Waals surface area contributed by atoms with Gasteiger partial charge >= 0.3 is 5.97 Å². The van der Waals surface area contributed by atoms with Gasteiger partial charge in [0, 0.05) is 34.8 Å². The molecular formula is C23H22N2O4. The number of carbonyl (C=O) groups excluding carboxylic acids is 3. The number of Topliss-reactive ketones (excluding diaryl/α,β-unsaturated/α-hetero) is 1. The zero-order chi connectivity index (χ0) is 20.6. The van der Waals surface area contributed by atoms with E-state index < -0.39 is 5.97 Å². The highest BCUT2D eigenvalue weighted by Gasteiger charge is 2.17. The van der Waals surface area contributed by atoms with Crippen molar-refractivity contribution in [2.45, 2.75) is 13.3 Å². The Balaban J connectivity index is 1.43. The second-order valence-corrected chi connectivity index (χ2v) is 6.54. The van der Waals surface area contributed by atoms with Gasteiger partial charge in [0.15, 0.2) is 6.61 Å². The molecule has 148 valence electrons. The zero-order valence-corrected chi connectivity index (χ0v) is 16.1. The second kappa shape index (κ2) is 9.50. The normalized spacial score (nSPS) is 10.9. The summed E-state index contributed by atoms with van der Waals surface area (Å²) in [5.74, 6) is -1.10. The number of carbonyl (C=O) groups is 3. The van der Waals surface area contributed by atoms with Gasteiger partial charge in [-0.2, -0.15) is 0 Å². The summed E-state index contributed by atoms with van der Waals surface area (Å²) in [5.41, 5.74) is 3.05. The van der Waals surface area contributed by atoms with Crippen molar-refractivity contribution < 1.29 is 19.1 Å². The lowest BCUT2D eigenvalue weighted by atomic mass is 10.1. The van der Waals surface area contributed by atoms with Crippen molar-refractivity contribution in [3.8, 4) is 0 Å². The third-order valence-corrected chi connectivity index (χ3v) is 4.39. The van der Waals surface area contributed by atoms with Gasteiger partial charge < -0.3 is 15.0 Å². The molecule has 1 amide bonds. The fourth-order valence-corrected chi connectivity index (χ4v) is 3.01. The maximum Gasteiger partial charge on any atom is 0.308 e. The van der Waals surface area contributed by atoms with Crippen LogP contribution in [0.4, 0.5) is 0 Å². The van der Waals surface area contributed by atoms with Crippen LogP contribution in [0.1, 0.15) is 28.0 Å². The highest BCUT2D eigenvalue weighted by molar-refractivity contribution is 6.10. The standard InChI is InChI=1S/C23H22N2O4/c1-16-23(18-9-5-6-10-19(18)25-16)20(26)15-29-22(28)13-14-24-21(27)12-11-17-7-3-2-4-8-17/h2-12,25H,13-15H2,1H3,(H,24,27)/b12-11+. The van der Waals surface area contributed by atoms with Crippen molar-refractivity contribution >= 4 is 34.6 Å². The Morgan fingerprint density at radius 3 is 2.55 bits per heavy atom. The first-order chi connectivity index (χ1) is 14.0. The van der Waals surface area contributed by atoms with Crippen LogP contribution in [0.3, 0.4) is 0 Å². The molecule has 0 atom stereocenters. The number of benzene rings is 2. The first kappa shape index (κ1) is 20.1. The van der Waals surface area contributed by atoms with Gasteiger partial charge in [-0.1, -0.05) is 48.5 Å². The molecule has 0 aliphatic carbocycles. The monoisotopic (exact) mass is 390 g/mol. The largest absolute Gasteiger partial charge is 0.457 e. The molecule has 1 heterocycles. The number of fused-ring (bicyclic) bond motifs is 1. The molecule has 3 aromatic rings. The molecule has 0 saturated carbocycles. The maximum atomic E-state index is 12.5. The lowest BCUT2D eigenvalue weighted by molar-refractivity contribution is -0.142. The molecule has 6 nitrogen and oxygen atoms in total. The molecule has 29 heavy (non-hydrogen) atoms. The summed E-state index contributed by atoms with van der Waals surface area (Å²) >= 11 is 0. The van der Waals surface area contributed by atoms with E-state index in [0.717, 1.165) is 22.2 Å². The minimum atomic E-state index is -0.539. The molecule has 0 fully saturated rings. The van der Waals surface area contributed by atoms with Gasteiger partial charge in [-0.05, 0) is 24.6 Å². The van der Waals surface area contributed by atoms with Crippen molar-refractivity contribution in [3.63, 3.8) is 0 Å². The SMILES string of the molecule is Cc1[nH]c2ccccc2c1C(=O)COC(=O)CCNC(=O)/C=C/c1ccccc1. The number of amides is 1. The van der Waals surface area contributed by atoms with Crippen LogP contribution in [0, 0.1) is 6.92 Å². The summed E-state index contributed by atoms with van der Waals surface area (Å²) in [6.07, 6.45) is 3.09. The van der Waals surface area contributed by atoms with E-state index in [1.165, 1.54) is 6.08 Å². The number of hydrogen-bond acceptors (Lipinski definition) is 4. The molecule has 0 unspecified atom stereocenters. The maximum absolute atomic E-state index is 12.5. The Morgan fingerprint density at radius 1 is 1.03 bits per heavy atom. The highest BCUT2D eigenvalue weighted by atomic mass is 16.5. The third kappa shape index (κ3) is 5.42. The van der Waals surface area contributed by atoms with Crippen LogP contribution in [0.15, 0.2) is 60.7 Å². The van der Waals surface area contributed by atoms with E-state index in [2.05, 4.69) is 10.3 Å². The number of H-pyrrole nitrogens is 1. The molecule has 0 bridgehead atoms. The average molecular weight is 390 g/mol. The number of aromatic nitrogens is 1. The van der Waals surface area contributed by atoms with Gasteiger partial charge in [-0.25, -0.2) is 0 Å². The van der Waals surface area contributed by atoms with Crippen LogP contribution in [0.5, 0.6) is 0 Å². The van der Waals surface area contributed by atoms with E-state index in [4.69, 9.17) is 4.74 Å². The lowest BCUT2D eigenvalue weighted by Gasteiger charge is -2.05. The number of ketones is 1. The zero-order valence-electron chi connectivity index (χ0n) is 16.1. The second-order valence-electron chi connectivity index (χ2n) is 6.54. The van der Waals surface area contributed by atoms with Gasteiger partial charge in [0.1, 0.15) is 0 Å². The van der Waals surface area contributed by atoms with Crippen molar-refractivity contribution in [1.29, 1.82) is 0 Å². The minimum absolute atomic E-state index is 0.00887. The third-order valence-electron chi connectivity index (χ3n) is 4.39. The Hall–Kier alpha value is -3.67. The Labute approximate surface area is 168 Å². The summed E-state index contributed by atoms with van der Waals surface area (Å²) in [7, 11) is 0. The molecule has 6 heteroatoms. The van der Waals surface area contributed by atoms with Crippen LogP contribution in [0.2, 0.25) is 0 Å². The van der Waals surface area contributed by atoms with E-state index in [1.807, 2.05) is 61.5 Å². The van der Waals surface area contributed by atoms with Gasteiger partial charge in [-0.15, -0.1) is 0 Å². The number of ether oxygens (including phenoxy) is 1. The summed E-state index contributed by atoms with van der Waals surface area (Å²) in [6.45, 7) is 1.62. The van der Waals surface area contributed by atoms with Gasteiger partial charge in [0.25, 0.3) is 0 Å². The minimum Gasteiger partial charge on any atom is -0.457 e. The smallest absolute Gasteiger partial charge is 0.308 e. The van der Waals surface area contributed by atoms with Crippen molar-refractivity contribution in [3.05, 3.63) is 77.5 Å². The van der Waals surface area contributed by atoms with Crippen LogP contribution < -0.4 is 5.32 Å². The van der Waals surface area contributed by atoms with Crippen molar-refractivity contribution in [2.75, 3.05) is 13.2 Å². The molecular weight excluding hydrogens is 368 g/mol. The van der Waals surface area contributed by atoms with Crippen LogP contribution >= 0.6 is 0 Å². The molecule has 0 spiro atoms. The van der Waals surface area contributed by atoms with E-state index in [9.17, 15) is 14.4 Å². The van der Waals surface area contributed by atoms with E-state index in [1.54, 1.807) is 6.08 Å². The molecule has 1 aromatic heterocycles. The summed E-state index contributed by atoms with van der Waals surface area (Å²) in [5, 5.41) is 3.42. The highest BCUT2D eigenvalue weighted by Crippen LogP contribution is 2.22. The van der Waals surface area contributed by atoms with Crippen LogP contribution in [0.25, 0.3) is 17.0 Å². The number of aromatic amines is 1. The number of aryl methyl sites for hydroxylation is 1. The predicted octanol–water partition coefficient (Wildman–Crippen LogP) is 3.42. The number of para-hydroxylation sites is 1. The average Bonchev–Trinajstić information content (AvgIpc) is 3.07. The molecule has 2 N–H and O–H groups in total. The Kier molecular flexibility index (Phi) is 6.58. The number of rotatable bonds is 8. The van der Waals surface area contributed by atoms with Gasteiger partial charge in [0.05, 0.1) is 6.42 Å². The van der Waals surface area contributed by atoms with Gasteiger partial charge in [0.2, 0.25) is 11.7 Å². The predicted molar refractivity (Wildman–Crippen MR) is 111 cm³/mol. The fraction of sp³-hybridized carbons (Fsp3) is 0.174. The molecule has 0 radical (unpaired) electrons. The number of hydrogen-bond donors (Lipinski definition) is 2. The Bertz CT molecular complexity index is 1050. The first-order valence-corrected chi connectivity index (χ1v) is 9.31. The van der Waals surface area contributed by atoms with E-state index >= 15 is 0 Å². The quantitative estimate of drug-likeness (QED) is 0.350. The Morgan fingerprint density at radius 2 is 1.76 bits per heavy atom. The molecule has 0 saturated heterocycles. The van der Waals surface area contributed by atoms with Crippen LogP contribution in [-0.4, -0.2) is 35.8 Å². The lowest BCUT2D eigenvalue weighted by Crippen LogP contribution is -2.25. The van der Waals surface area contributed by atoms with Crippen molar-refractivity contribution in [2.24, 2.45) is 0 Å². The van der Waals surface area contributed by atoms with Gasteiger partial charge in [-0.3, -0.25) is 14.4 Å². The summed E-state index contributed by atoms with van der Waals surface area (Å²) in [4.78, 5) is 39.3. The van der Waals surface area contributed by atoms with Crippen LogP contribution in [-0.2, 0) is 14.3 Å². The first-order valence-electron chi connectivity index (χ1n) is 9.31. The van der Waals surface area contributed by atoms with Crippen molar-refractivity contribution in [1.82, 2.24) is 10.3 Å².